The highest BCUT2D eigenvalue weighted by Crippen LogP contribution is 2.18. The zero-order valence-corrected chi connectivity index (χ0v) is 8.66. The lowest BCUT2D eigenvalue weighted by atomic mass is 9.93. The van der Waals surface area contributed by atoms with Gasteiger partial charge in [-0.1, -0.05) is 63.4 Å². The molecule has 0 heterocycles. The van der Waals surface area contributed by atoms with Gasteiger partial charge in [0, 0.05) is 0 Å². The van der Waals surface area contributed by atoms with Crippen molar-refractivity contribution in [3.05, 3.63) is 42.3 Å². The molecule has 1 atom stereocenters. The maximum absolute atomic E-state index is 2.39. The van der Waals surface area contributed by atoms with E-state index in [0.29, 0.717) is 0 Å². The molecule has 0 saturated carbocycles. The second kappa shape index (κ2) is 5.80. The van der Waals surface area contributed by atoms with Crippen LogP contribution in [0.1, 0.15) is 38.7 Å². The summed E-state index contributed by atoms with van der Waals surface area (Å²) in [6.07, 6.45) is 6.24. The molecule has 0 bridgehead atoms. The summed E-state index contributed by atoms with van der Waals surface area (Å²) < 4.78 is 0. The minimum absolute atomic E-state index is 0.757. The van der Waals surface area contributed by atoms with Crippen LogP contribution in [0.4, 0.5) is 0 Å². The minimum Gasteiger partial charge on any atom is -0.0654 e. The van der Waals surface area contributed by atoms with E-state index < -0.39 is 0 Å². The lowest BCUT2D eigenvalue weighted by molar-refractivity contribution is 0.536. The summed E-state index contributed by atoms with van der Waals surface area (Å²) in [5.74, 6) is 0.757. The normalized spacial score (nSPS) is 12.8. The molecule has 0 aromatic heterocycles. The Hall–Kier alpha value is -0.780. The van der Waals surface area contributed by atoms with E-state index in [-0.39, 0.29) is 0 Å². The van der Waals surface area contributed by atoms with Crippen molar-refractivity contribution in [2.24, 2.45) is 5.92 Å². The average molecular weight is 175 g/mol. The van der Waals surface area contributed by atoms with E-state index in [2.05, 4.69) is 50.6 Å². The van der Waals surface area contributed by atoms with Gasteiger partial charge >= 0.3 is 0 Å². The molecule has 0 heteroatoms. The van der Waals surface area contributed by atoms with Gasteiger partial charge in [0.1, 0.15) is 0 Å². The molecule has 1 rings (SSSR count). The zero-order valence-electron chi connectivity index (χ0n) is 8.66. The Morgan fingerprint density at radius 3 is 2.38 bits per heavy atom. The predicted octanol–water partition coefficient (Wildman–Crippen LogP) is 4.07. The molecule has 1 radical (unpaired) electrons. The Bertz CT molecular complexity index is 213. The van der Waals surface area contributed by atoms with E-state index in [9.17, 15) is 0 Å². The third kappa shape index (κ3) is 3.63. The van der Waals surface area contributed by atoms with E-state index in [1.165, 1.54) is 24.8 Å². The van der Waals surface area contributed by atoms with Crippen molar-refractivity contribution in [3.8, 4) is 0 Å². The van der Waals surface area contributed by atoms with Crippen LogP contribution < -0.4 is 0 Å². The first-order valence-corrected chi connectivity index (χ1v) is 5.26. The zero-order chi connectivity index (χ0) is 9.52. The Kier molecular flexibility index (Phi) is 4.59. The van der Waals surface area contributed by atoms with Crippen molar-refractivity contribution in [2.45, 2.75) is 33.1 Å². The van der Waals surface area contributed by atoms with Gasteiger partial charge < -0.3 is 0 Å². The van der Waals surface area contributed by atoms with Crippen LogP contribution in [0.5, 0.6) is 0 Å². The first-order chi connectivity index (χ1) is 6.36. The number of benzene rings is 1. The van der Waals surface area contributed by atoms with Crippen LogP contribution in [0.3, 0.4) is 0 Å². The molecule has 13 heavy (non-hydrogen) atoms. The maximum Gasteiger partial charge on any atom is -0.00622 e. The molecule has 0 fully saturated rings. The van der Waals surface area contributed by atoms with Crippen LogP contribution in [0.2, 0.25) is 0 Å². The fourth-order valence-corrected chi connectivity index (χ4v) is 1.61. The molecule has 1 unspecified atom stereocenters. The largest absolute Gasteiger partial charge is 0.0654 e. The fraction of sp³-hybridized carbons (Fsp3) is 0.462. The van der Waals surface area contributed by atoms with Gasteiger partial charge in [0.05, 0.1) is 0 Å². The maximum atomic E-state index is 2.39. The molecular weight excluding hydrogens is 156 g/mol. The average Bonchev–Trinajstić information content (AvgIpc) is 2.19. The van der Waals surface area contributed by atoms with Crippen molar-refractivity contribution < 1.29 is 0 Å². The Morgan fingerprint density at radius 1 is 1.15 bits per heavy atom. The van der Waals surface area contributed by atoms with Gasteiger partial charge in [0.25, 0.3) is 0 Å². The van der Waals surface area contributed by atoms with Gasteiger partial charge in [-0.05, 0) is 17.9 Å². The van der Waals surface area contributed by atoms with Crippen molar-refractivity contribution in [1.82, 2.24) is 0 Å². The first-order valence-electron chi connectivity index (χ1n) is 5.26. The topological polar surface area (TPSA) is 0 Å². The molecule has 1 aromatic carbocycles. The molecule has 0 saturated heterocycles. The molecule has 0 aliphatic rings. The highest BCUT2D eigenvalue weighted by atomic mass is 14.1. The molecule has 0 amide bonds. The number of hydrogen-bond acceptors (Lipinski definition) is 0. The molecule has 1 aromatic rings. The summed E-state index contributed by atoms with van der Waals surface area (Å²) in [6.45, 7) is 4.52. The van der Waals surface area contributed by atoms with Crippen molar-refractivity contribution in [2.75, 3.05) is 0 Å². The van der Waals surface area contributed by atoms with E-state index in [1.54, 1.807) is 0 Å². The van der Waals surface area contributed by atoms with Gasteiger partial charge in [-0.25, -0.2) is 0 Å². The molecule has 71 valence electrons. The fourth-order valence-electron chi connectivity index (χ4n) is 1.61. The van der Waals surface area contributed by atoms with E-state index in [4.69, 9.17) is 0 Å². The number of hydrogen-bond donors (Lipinski definition) is 0. The standard InChI is InChI=1S/C13H19/c1-3-8-12(4-2)11-13-9-6-5-7-10-13/h5-7,9-12H,3-4,8H2,1-2H3. The van der Waals surface area contributed by atoms with Crippen molar-refractivity contribution in [1.29, 1.82) is 0 Å². The van der Waals surface area contributed by atoms with Gasteiger partial charge in [-0.15, -0.1) is 0 Å². The van der Waals surface area contributed by atoms with Crippen LogP contribution in [0.15, 0.2) is 30.3 Å². The van der Waals surface area contributed by atoms with Crippen LogP contribution in [0, 0.1) is 12.3 Å². The predicted molar refractivity (Wildman–Crippen MR) is 58.5 cm³/mol. The summed E-state index contributed by atoms with van der Waals surface area (Å²) in [5, 5.41) is 0. The summed E-state index contributed by atoms with van der Waals surface area (Å²) in [4.78, 5) is 0. The van der Waals surface area contributed by atoms with Crippen LogP contribution in [0.25, 0.3) is 0 Å². The van der Waals surface area contributed by atoms with Gasteiger partial charge in [0.15, 0.2) is 0 Å². The first kappa shape index (κ1) is 10.3. The van der Waals surface area contributed by atoms with Crippen LogP contribution in [-0.4, -0.2) is 0 Å². The molecule has 0 aliphatic carbocycles. The molecule has 0 spiro atoms. The second-order valence-corrected chi connectivity index (χ2v) is 3.53. The lowest BCUT2D eigenvalue weighted by Gasteiger charge is -2.12. The molecule has 0 N–H and O–H groups in total. The van der Waals surface area contributed by atoms with Gasteiger partial charge in [-0.2, -0.15) is 0 Å². The Balaban J connectivity index is 2.46. The van der Waals surface area contributed by atoms with Gasteiger partial charge in [0.2, 0.25) is 0 Å². The number of rotatable bonds is 5. The SMILES string of the molecule is CCCC([CH]c1ccccc1)CC. The van der Waals surface area contributed by atoms with Crippen molar-refractivity contribution >= 4 is 0 Å². The quantitative estimate of drug-likeness (QED) is 0.633. The van der Waals surface area contributed by atoms with Crippen LogP contribution >= 0.6 is 0 Å². The third-order valence-electron chi connectivity index (χ3n) is 2.41. The van der Waals surface area contributed by atoms with Gasteiger partial charge in [-0.3, -0.25) is 0 Å². The smallest absolute Gasteiger partial charge is 0.00622 e. The molecule has 0 aliphatic heterocycles. The highest BCUT2D eigenvalue weighted by molar-refractivity contribution is 5.23. The highest BCUT2D eigenvalue weighted by Gasteiger charge is 2.05. The summed E-state index contributed by atoms with van der Waals surface area (Å²) >= 11 is 0. The molecular formula is C13H19. The van der Waals surface area contributed by atoms with Crippen molar-refractivity contribution in [3.63, 3.8) is 0 Å². The third-order valence-corrected chi connectivity index (χ3v) is 2.41. The molecule has 0 nitrogen and oxygen atoms in total. The Morgan fingerprint density at radius 2 is 1.85 bits per heavy atom. The second-order valence-electron chi connectivity index (χ2n) is 3.53. The van der Waals surface area contributed by atoms with Crippen LogP contribution in [-0.2, 0) is 0 Å². The summed E-state index contributed by atoms with van der Waals surface area (Å²) in [6, 6.07) is 10.6. The van der Waals surface area contributed by atoms with E-state index in [1.807, 2.05) is 0 Å². The summed E-state index contributed by atoms with van der Waals surface area (Å²) in [7, 11) is 0. The monoisotopic (exact) mass is 175 g/mol. The minimum atomic E-state index is 0.757. The Labute approximate surface area is 82.0 Å². The van der Waals surface area contributed by atoms with E-state index >= 15 is 0 Å². The summed E-state index contributed by atoms with van der Waals surface area (Å²) in [5.41, 5.74) is 1.36. The van der Waals surface area contributed by atoms with E-state index in [0.717, 1.165) is 5.92 Å². The lowest BCUT2D eigenvalue weighted by Crippen LogP contribution is -1.99.